The number of nitrogens with zero attached hydrogens (tertiary/aromatic N) is 1. The molecule has 6 heteroatoms. The molecule has 0 radical (unpaired) electrons. The van der Waals surface area contributed by atoms with E-state index in [0.29, 0.717) is 23.8 Å². The summed E-state index contributed by atoms with van der Waals surface area (Å²) in [6.07, 6.45) is 0. The van der Waals surface area contributed by atoms with Gasteiger partial charge in [0.1, 0.15) is 0 Å². The summed E-state index contributed by atoms with van der Waals surface area (Å²) in [6, 6.07) is 3.82. The maximum Gasteiger partial charge on any atom is 0.203 e. The summed E-state index contributed by atoms with van der Waals surface area (Å²) in [4.78, 5) is 4.12. The van der Waals surface area contributed by atoms with Gasteiger partial charge in [-0.1, -0.05) is 0 Å². The number of aliphatic imine (C=N–C) groups is 1. The Kier molecular flexibility index (Phi) is 6.49. The van der Waals surface area contributed by atoms with Crippen molar-refractivity contribution in [1.82, 2.24) is 10.6 Å². The topological polar surface area (TPSA) is 64.1 Å². The summed E-state index contributed by atoms with van der Waals surface area (Å²) in [7, 11) is 6.53. The normalized spacial score (nSPS) is 10.9. The quantitative estimate of drug-likeness (QED) is 0.609. The highest BCUT2D eigenvalue weighted by Gasteiger charge is 2.13. The summed E-state index contributed by atoms with van der Waals surface area (Å²) in [5.41, 5.74) is 1.01. The first-order chi connectivity index (χ1) is 9.69. The Morgan fingerprint density at radius 2 is 1.65 bits per heavy atom. The van der Waals surface area contributed by atoms with Gasteiger partial charge in [0, 0.05) is 20.1 Å². The lowest BCUT2D eigenvalue weighted by Crippen LogP contribution is -2.36. The zero-order chi connectivity index (χ0) is 15.0. The number of hydrogen-bond acceptors (Lipinski definition) is 4. The molecule has 0 saturated carbocycles. The van der Waals surface area contributed by atoms with E-state index in [1.807, 2.05) is 19.1 Å². The maximum absolute atomic E-state index is 5.32. The van der Waals surface area contributed by atoms with Crippen molar-refractivity contribution in [2.24, 2.45) is 4.99 Å². The van der Waals surface area contributed by atoms with E-state index in [1.165, 1.54) is 0 Å². The van der Waals surface area contributed by atoms with Crippen LogP contribution in [0.1, 0.15) is 12.5 Å². The minimum absolute atomic E-state index is 0.592. The first-order valence-electron chi connectivity index (χ1n) is 6.43. The van der Waals surface area contributed by atoms with Crippen LogP contribution in [0.15, 0.2) is 17.1 Å². The van der Waals surface area contributed by atoms with E-state index < -0.39 is 0 Å². The maximum atomic E-state index is 5.32. The smallest absolute Gasteiger partial charge is 0.203 e. The molecule has 0 spiro atoms. The number of nitrogens with one attached hydrogen (secondary N) is 2. The van der Waals surface area contributed by atoms with E-state index >= 15 is 0 Å². The molecule has 1 rings (SSSR count). The largest absolute Gasteiger partial charge is 0.493 e. The monoisotopic (exact) mass is 281 g/mol. The summed E-state index contributed by atoms with van der Waals surface area (Å²) in [6.45, 7) is 3.44. The molecule has 0 fully saturated rings. The van der Waals surface area contributed by atoms with Gasteiger partial charge in [-0.05, 0) is 24.6 Å². The van der Waals surface area contributed by atoms with Gasteiger partial charge in [0.2, 0.25) is 5.75 Å². The van der Waals surface area contributed by atoms with Crippen LogP contribution in [-0.4, -0.2) is 40.9 Å². The molecule has 2 N–H and O–H groups in total. The Hall–Kier alpha value is -2.11. The zero-order valence-corrected chi connectivity index (χ0v) is 12.7. The highest BCUT2D eigenvalue weighted by atomic mass is 16.5. The molecule has 0 saturated heterocycles. The first kappa shape index (κ1) is 15.9. The number of hydrogen-bond donors (Lipinski definition) is 2. The minimum Gasteiger partial charge on any atom is -0.493 e. The molecule has 0 atom stereocenters. The van der Waals surface area contributed by atoms with Gasteiger partial charge >= 0.3 is 0 Å². The van der Waals surface area contributed by atoms with Crippen molar-refractivity contribution >= 4 is 5.96 Å². The van der Waals surface area contributed by atoms with E-state index in [-0.39, 0.29) is 0 Å². The summed E-state index contributed by atoms with van der Waals surface area (Å²) >= 11 is 0. The van der Waals surface area contributed by atoms with Crippen LogP contribution in [0.25, 0.3) is 0 Å². The van der Waals surface area contributed by atoms with Crippen molar-refractivity contribution in [3.8, 4) is 17.2 Å². The molecule has 0 aromatic heterocycles. The van der Waals surface area contributed by atoms with Gasteiger partial charge in [0.05, 0.1) is 21.3 Å². The Bertz CT molecular complexity index is 436. The van der Waals surface area contributed by atoms with E-state index in [2.05, 4.69) is 15.6 Å². The van der Waals surface area contributed by atoms with Crippen LogP contribution < -0.4 is 24.8 Å². The first-order valence-corrected chi connectivity index (χ1v) is 6.43. The predicted molar refractivity (Wildman–Crippen MR) is 80.0 cm³/mol. The standard InChI is InChI=1S/C14H23N3O3/c1-6-16-14(15-2)17-9-10-7-11(18-3)13(20-5)12(8-10)19-4/h7-8H,6,9H2,1-5H3,(H2,15,16,17). The molecule has 0 heterocycles. The highest BCUT2D eigenvalue weighted by Crippen LogP contribution is 2.38. The van der Waals surface area contributed by atoms with Gasteiger partial charge in [0.15, 0.2) is 17.5 Å². The molecular weight excluding hydrogens is 258 g/mol. The predicted octanol–water partition coefficient (Wildman–Crippen LogP) is 1.40. The SMILES string of the molecule is CCNC(=NC)NCc1cc(OC)c(OC)c(OC)c1. The lowest BCUT2D eigenvalue weighted by atomic mass is 10.2. The zero-order valence-electron chi connectivity index (χ0n) is 12.7. The second-order valence-corrected chi connectivity index (χ2v) is 3.99. The second-order valence-electron chi connectivity index (χ2n) is 3.99. The Morgan fingerprint density at radius 1 is 1.05 bits per heavy atom. The fourth-order valence-electron chi connectivity index (χ4n) is 1.81. The van der Waals surface area contributed by atoms with Crippen molar-refractivity contribution in [2.75, 3.05) is 34.9 Å². The number of methoxy groups -OCH3 is 3. The Morgan fingerprint density at radius 3 is 2.05 bits per heavy atom. The molecule has 0 aliphatic heterocycles. The third kappa shape index (κ3) is 3.94. The second kappa shape index (κ2) is 8.14. The molecule has 112 valence electrons. The fraction of sp³-hybridized carbons (Fsp3) is 0.500. The van der Waals surface area contributed by atoms with Crippen LogP contribution in [0, 0.1) is 0 Å². The highest BCUT2D eigenvalue weighted by molar-refractivity contribution is 5.79. The Labute approximate surface area is 120 Å². The Balaban J connectivity index is 2.91. The summed E-state index contributed by atoms with van der Waals surface area (Å²) in [5, 5.41) is 6.35. The number of rotatable bonds is 6. The molecular formula is C14H23N3O3. The van der Waals surface area contributed by atoms with E-state index in [9.17, 15) is 0 Å². The fourth-order valence-corrected chi connectivity index (χ4v) is 1.81. The molecule has 6 nitrogen and oxygen atoms in total. The van der Waals surface area contributed by atoms with Crippen molar-refractivity contribution in [2.45, 2.75) is 13.5 Å². The van der Waals surface area contributed by atoms with Gasteiger partial charge in [-0.3, -0.25) is 4.99 Å². The van der Waals surface area contributed by atoms with Gasteiger partial charge in [-0.25, -0.2) is 0 Å². The van der Waals surface area contributed by atoms with Gasteiger partial charge in [0.25, 0.3) is 0 Å². The number of ether oxygens (including phenoxy) is 3. The summed E-state index contributed by atoms with van der Waals surface area (Å²) < 4.78 is 15.9. The number of guanidine groups is 1. The van der Waals surface area contributed by atoms with E-state index in [4.69, 9.17) is 14.2 Å². The van der Waals surface area contributed by atoms with Crippen molar-refractivity contribution < 1.29 is 14.2 Å². The van der Waals surface area contributed by atoms with Crippen molar-refractivity contribution in [3.63, 3.8) is 0 Å². The van der Waals surface area contributed by atoms with E-state index in [0.717, 1.165) is 18.1 Å². The van der Waals surface area contributed by atoms with Crippen LogP contribution in [-0.2, 0) is 6.54 Å². The van der Waals surface area contributed by atoms with Crippen LogP contribution in [0.2, 0.25) is 0 Å². The molecule has 0 bridgehead atoms. The molecule has 20 heavy (non-hydrogen) atoms. The van der Waals surface area contributed by atoms with Crippen molar-refractivity contribution in [3.05, 3.63) is 17.7 Å². The lowest BCUT2D eigenvalue weighted by Gasteiger charge is -2.15. The molecule has 1 aromatic rings. The average molecular weight is 281 g/mol. The van der Waals surface area contributed by atoms with Crippen LogP contribution >= 0.6 is 0 Å². The molecule has 1 aromatic carbocycles. The van der Waals surface area contributed by atoms with Gasteiger partial charge < -0.3 is 24.8 Å². The van der Waals surface area contributed by atoms with Crippen LogP contribution in [0.5, 0.6) is 17.2 Å². The summed E-state index contributed by atoms with van der Waals surface area (Å²) in [5.74, 6) is 2.63. The number of benzene rings is 1. The lowest BCUT2D eigenvalue weighted by molar-refractivity contribution is 0.323. The van der Waals surface area contributed by atoms with Gasteiger partial charge in [-0.15, -0.1) is 0 Å². The van der Waals surface area contributed by atoms with Crippen molar-refractivity contribution in [1.29, 1.82) is 0 Å². The molecule has 0 aliphatic carbocycles. The van der Waals surface area contributed by atoms with Crippen LogP contribution in [0.4, 0.5) is 0 Å². The van der Waals surface area contributed by atoms with E-state index in [1.54, 1.807) is 28.4 Å². The third-order valence-electron chi connectivity index (χ3n) is 2.75. The van der Waals surface area contributed by atoms with Crippen LogP contribution in [0.3, 0.4) is 0 Å². The average Bonchev–Trinajstić information content (AvgIpc) is 2.49. The minimum atomic E-state index is 0.592. The molecule has 0 aliphatic rings. The molecule has 0 amide bonds. The third-order valence-corrected chi connectivity index (χ3v) is 2.75. The van der Waals surface area contributed by atoms with Gasteiger partial charge in [-0.2, -0.15) is 0 Å². The molecule has 0 unspecified atom stereocenters.